The lowest BCUT2D eigenvalue weighted by molar-refractivity contribution is -0.254. The molecule has 1 aliphatic rings. The first-order valence-electron chi connectivity index (χ1n) is 12.5. The van der Waals surface area contributed by atoms with E-state index < -0.39 is 61.1 Å². The molecule has 1 saturated heterocycles. The molecule has 7 atom stereocenters. The van der Waals surface area contributed by atoms with Gasteiger partial charge in [-0.1, -0.05) is 67.6 Å². The Balaban J connectivity index is 1.80. The highest BCUT2D eigenvalue weighted by Crippen LogP contribution is 2.20. The van der Waals surface area contributed by atoms with E-state index in [1.54, 1.807) is 37.3 Å². The van der Waals surface area contributed by atoms with E-state index in [2.05, 4.69) is 16.0 Å². The monoisotopic (exact) mass is 529 g/mol. The molecule has 38 heavy (non-hydrogen) atoms. The van der Waals surface area contributed by atoms with Crippen LogP contribution >= 0.6 is 0 Å². The predicted octanol–water partition coefficient (Wildman–Crippen LogP) is -1.23. The first-order chi connectivity index (χ1) is 18.2. The third-order valence-electron chi connectivity index (χ3n) is 6.38. The molecule has 0 aliphatic carbocycles. The molecular weight excluding hydrogens is 494 g/mol. The van der Waals surface area contributed by atoms with Gasteiger partial charge in [0.05, 0.1) is 6.61 Å². The summed E-state index contributed by atoms with van der Waals surface area (Å²) in [7, 11) is 0. The Bertz CT molecular complexity index is 1050. The lowest BCUT2D eigenvalue weighted by atomic mass is 9.96. The smallest absolute Gasteiger partial charge is 0.243 e. The fourth-order valence-corrected chi connectivity index (χ4v) is 4.20. The number of benzene rings is 2. The minimum Gasteiger partial charge on any atom is -0.394 e. The van der Waals surface area contributed by atoms with Crippen molar-refractivity contribution in [2.75, 3.05) is 6.61 Å². The van der Waals surface area contributed by atoms with E-state index in [0.29, 0.717) is 0 Å². The molecular formula is C27H35N3O8. The number of ether oxygens (including phenoxy) is 1. The van der Waals surface area contributed by atoms with Gasteiger partial charge in [-0.05, 0) is 11.1 Å². The van der Waals surface area contributed by atoms with Crippen LogP contribution in [0.15, 0.2) is 60.7 Å². The molecule has 7 unspecified atom stereocenters. The Morgan fingerprint density at radius 2 is 1.34 bits per heavy atom. The number of carbonyl (C=O) groups is 3. The molecule has 1 aliphatic heterocycles. The number of aliphatic hydroxyl groups is 4. The highest BCUT2D eigenvalue weighted by Gasteiger charge is 2.45. The van der Waals surface area contributed by atoms with Gasteiger partial charge < -0.3 is 41.1 Å². The maximum atomic E-state index is 13.4. The molecule has 1 heterocycles. The normalized spacial score (nSPS) is 24.6. The third kappa shape index (κ3) is 7.83. The number of aliphatic hydroxyl groups excluding tert-OH is 4. The third-order valence-corrected chi connectivity index (χ3v) is 6.38. The van der Waals surface area contributed by atoms with E-state index in [1.165, 1.54) is 0 Å². The average Bonchev–Trinajstić information content (AvgIpc) is 2.93. The first kappa shape index (κ1) is 29.2. The Labute approximate surface area is 220 Å². The lowest BCUT2D eigenvalue weighted by Crippen LogP contribution is -2.66. The topological polar surface area (TPSA) is 177 Å². The van der Waals surface area contributed by atoms with Crippen LogP contribution in [-0.2, 0) is 32.0 Å². The summed E-state index contributed by atoms with van der Waals surface area (Å²) in [5.74, 6) is -1.67. The zero-order valence-corrected chi connectivity index (χ0v) is 21.1. The minimum atomic E-state index is -1.71. The Hall–Kier alpha value is -3.35. The van der Waals surface area contributed by atoms with Gasteiger partial charge in [-0.2, -0.15) is 0 Å². The van der Waals surface area contributed by atoms with Crippen molar-refractivity contribution in [3.63, 3.8) is 0 Å². The van der Waals surface area contributed by atoms with Gasteiger partial charge in [0.1, 0.15) is 36.4 Å². The second-order valence-electron chi connectivity index (χ2n) is 9.18. The molecule has 0 spiro atoms. The molecule has 0 bridgehead atoms. The zero-order valence-electron chi connectivity index (χ0n) is 21.1. The summed E-state index contributed by atoms with van der Waals surface area (Å²) in [6.45, 7) is 1.02. The molecule has 206 valence electrons. The molecule has 11 heteroatoms. The van der Waals surface area contributed by atoms with Crippen molar-refractivity contribution in [1.29, 1.82) is 0 Å². The molecule has 3 amide bonds. The van der Waals surface area contributed by atoms with E-state index in [9.17, 15) is 34.8 Å². The largest absolute Gasteiger partial charge is 0.394 e. The van der Waals surface area contributed by atoms with Crippen LogP contribution < -0.4 is 16.0 Å². The summed E-state index contributed by atoms with van der Waals surface area (Å²) >= 11 is 0. The van der Waals surface area contributed by atoms with Gasteiger partial charge in [-0.3, -0.25) is 14.4 Å². The fourth-order valence-electron chi connectivity index (χ4n) is 4.20. The molecule has 1 fully saturated rings. The fraction of sp³-hybridized carbons (Fsp3) is 0.444. The SMILES string of the molecule is CCC(=O)NC(Cc1ccccc1)C(=O)NC(Cc1ccccc1)C(=O)NC1C(O)OC(CO)C(O)C1O. The van der Waals surface area contributed by atoms with E-state index in [-0.39, 0.29) is 25.2 Å². The highest BCUT2D eigenvalue weighted by atomic mass is 16.6. The van der Waals surface area contributed by atoms with Crippen molar-refractivity contribution in [1.82, 2.24) is 16.0 Å². The van der Waals surface area contributed by atoms with Crippen LogP contribution in [-0.4, -0.2) is 87.5 Å². The molecule has 2 aromatic rings. The van der Waals surface area contributed by atoms with Crippen molar-refractivity contribution in [2.45, 2.75) is 68.9 Å². The van der Waals surface area contributed by atoms with Gasteiger partial charge in [-0.25, -0.2) is 0 Å². The van der Waals surface area contributed by atoms with Crippen LogP contribution in [0.3, 0.4) is 0 Å². The van der Waals surface area contributed by atoms with Gasteiger partial charge in [0, 0.05) is 19.3 Å². The second-order valence-corrected chi connectivity index (χ2v) is 9.18. The lowest BCUT2D eigenvalue weighted by Gasteiger charge is -2.40. The molecule has 0 aromatic heterocycles. The summed E-state index contributed by atoms with van der Waals surface area (Å²) < 4.78 is 5.12. The van der Waals surface area contributed by atoms with Crippen LogP contribution in [0.2, 0.25) is 0 Å². The van der Waals surface area contributed by atoms with Crippen LogP contribution in [0.25, 0.3) is 0 Å². The van der Waals surface area contributed by atoms with Crippen molar-refractivity contribution in [3.8, 4) is 0 Å². The van der Waals surface area contributed by atoms with Gasteiger partial charge >= 0.3 is 0 Å². The first-order valence-corrected chi connectivity index (χ1v) is 12.5. The maximum absolute atomic E-state index is 13.4. The molecule has 11 nitrogen and oxygen atoms in total. The van der Waals surface area contributed by atoms with Gasteiger partial charge in [0.2, 0.25) is 17.7 Å². The number of rotatable bonds is 11. The Kier molecular flexibility index (Phi) is 10.7. The zero-order chi connectivity index (χ0) is 27.7. The number of hydrogen-bond acceptors (Lipinski definition) is 8. The Morgan fingerprint density at radius 3 is 1.84 bits per heavy atom. The van der Waals surface area contributed by atoms with Crippen LogP contribution in [0.5, 0.6) is 0 Å². The summed E-state index contributed by atoms with van der Waals surface area (Å²) in [6.07, 6.45) is -5.70. The molecule has 0 radical (unpaired) electrons. The van der Waals surface area contributed by atoms with Gasteiger partial charge in [-0.15, -0.1) is 0 Å². The number of nitrogens with one attached hydrogen (secondary N) is 3. The molecule has 7 N–H and O–H groups in total. The maximum Gasteiger partial charge on any atom is 0.243 e. The van der Waals surface area contributed by atoms with E-state index in [0.717, 1.165) is 11.1 Å². The average molecular weight is 530 g/mol. The summed E-state index contributed by atoms with van der Waals surface area (Å²) in [4.78, 5) is 38.9. The van der Waals surface area contributed by atoms with Crippen molar-refractivity contribution in [2.24, 2.45) is 0 Å². The number of amides is 3. The van der Waals surface area contributed by atoms with Gasteiger partial charge in [0.15, 0.2) is 6.29 Å². The van der Waals surface area contributed by atoms with Crippen LogP contribution in [0.4, 0.5) is 0 Å². The van der Waals surface area contributed by atoms with Crippen molar-refractivity contribution in [3.05, 3.63) is 71.8 Å². The van der Waals surface area contributed by atoms with E-state index >= 15 is 0 Å². The molecule has 0 saturated carbocycles. The number of hydrogen-bond donors (Lipinski definition) is 7. The van der Waals surface area contributed by atoms with Crippen LogP contribution in [0.1, 0.15) is 24.5 Å². The second kappa shape index (κ2) is 14.0. The van der Waals surface area contributed by atoms with Crippen molar-refractivity contribution >= 4 is 17.7 Å². The Morgan fingerprint density at radius 1 is 0.816 bits per heavy atom. The minimum absolute atomic E-state index is 0.0692. The van der Waals surface area contributed by atoms with Gasteiger partial charge in [0.25, 0.3) is 0 Å². The summed E-state index contributed by atoms with van der Waals surface area (Å²) in [6, 6.07) is 14.5. The molecule has 2 aromatic carbocycles. The standard InChI is InChI=1S/C27H35N3O8/c1-2-21(32)28-18(13-16-9-5-3-6-10-16)25(35)29-19(14-17-11-7-4-8-12-17)26(36)30-22-24(34)23(33)20(15-31)38-27(22)37/h3-12,18-20,22-24,27,31,33-34,37H,2,13-15H2,1H3,(H,28,32)(H,29,35)(H,30,36). The van der Waals surface area contributed by atoms with E-state index in [4.69, 9.17) is 4.74 Å². The number of carbonyl (C=O) groups excluding carboxylic acids is 3. The highest BCUT2D eigenvalue weighted by molar-refractivity contribution is 5.92. The van der Waals surface area contributed by atoms with Crippen molar-refractivity contribution < 1.29 is 39.5 Å². The van der Waals surface area contributed by atoms with Crippen LogP contribution in [0, 0.1) is 0 Å². The van der Waals surface area contributed by atoms with E-state index in [1.807, 2.05) is 30.3 Å². The quantitative estimate of drug-likeness (QED) is 0.189. The molecule has 3 rings (SSSR count). The summed E-state index contributed by atoms with van der Waals surface area (Å²) in [5, 5.41) is 48.0. The predicted molar refractivity (Wildman–Crippen MR) is 136 cm³/mol. The summed E-state index contributed by atoms with van der Waals surface area (Å²) in [5.41, 5.74) is 1.54.